The molecule has 3 heteroatoms. The van der Waals surface area contributed by atoms with Gasteiger partial charge in [0.25, 0.3) is 0 Å². The first-order valence-corrected chi connectivity index (χ1v) is 3.54. The third-order valence-electron chi connectivity index (χ3n) is 1.97. The molecule has 2 aliphatic rings. The van der Waals surface area contributed by atoms with Crippen LogP contribution in [-0.4, -0.2) is 25.8 Å². The lowest BCUT2D eigenvalue weighted by molar-refractivity contribution is -0.158. The third kappa shape index (κ3) is 0.929. The van der Waals surface area contributed by atoms with E-state index in [0.29, 0.717) is 6.79 Å². The summed E-state index contributed by atoms with van der Waals surface area (Å²) in [5, 5.41) is 0. The van der Waals surface area contributed by atoms with Gasteiger partial charge < -0.3 is 14.2 Å². The maximum Gasteiger partial charge on any atom is 0.220 e. The maximum atomic E-state index is 5.31. The second-order valence-corrected chi connectivity index (χ2v) is 2.52. The Morgan fingerprint density at radius 2 is 2.45 bits per heavy atom. The Labute approximate surface area is 65.2 Å². The molecule has 2 rings (SSSR count). The molecule has 1 aliphatic carbocycles. The highest BCUT2D eigenvalue weighted by molar-refractivity contribution is 5.21. The van der Waals surface area contributed by atoms with Crippen molar-refractivity contribution in [1.82, 2.24) is 0 Å². The van der Waals surface area contributed by atoms with Crippen molar-refractivity contribution in [2.45, 2.75) is 11.9 Å². The lowest BCUT2D eigenvalue weighted by atomic mass is 10.1. The van der Waals surface area contributed by atoms with Crippen LogP contribution in [0.3, 0.4) is 0 Å². The second-order valence-electron chi connectivity index (χ2n) is 2.52. The van der Waals surface area contributed by atoms with Crippen LogP contribution in [0.5, 0.6) is 0 Å². The van der Waals surface area contributed by atoms with E-state index >= 15 is 0 Å². The van der Waals surface area contributed by atoms with Crippen molar-refractivity contribution in [3.63, 3.8) is 0 Å². The predicted molar refractivity (Wildman–Crippen MR) is 38.8 cm³/mol. The van der Waals surface area contributed by atoms with Gasteiger partial charge in [0.15, 0.2) is 6.79 Å². The summed E-state index contributed by atoms with van der Waals surface area (Å²) >= 11 is 0. The van der Waals surface area contributed by atoms with Gasteiger partial charge in [0.1, 0.15) is 6.10 Å². The summed E-state index contributed by atoms with van der Waals surface area (Å²) in [5.41, 5.74) is 0. The quantitative estimate of drug-likeness (QED) is 0.559. The van der Waals surface area contributed by atoms with Crippen molar-refractivity contribution in [3.05, 3.63) is 24.3 Å². The summed E-state index contributed by atoms with van der Waals surface area (Å²) in [6.07, 6.45) is 7.53. The Hall–Kier alpha value is -0.640. The van der Waals surface area contributed by atoms with Crippen LogP contribution < -0.4 is 0 Å². The molecule has 0 N–H and O–H groups in total. The minimum Gasteiger partial charge on any atom is -0.347 e. The van der Waals surface area contributed by atoms with Crippen LogP contribution in [0, 0.1) is 0 Å². The van der Waals surface area contributed by atoms with E-state index in [-0.39, 0.29) is 6.10 Å². The van der Waals surface area contributed by atoms with Gasteiger partial charge in [-0.25, -0.2) is 0 Å². The molecule has 1 aliphatic heterocycles. The first kappa shape index (κ1) is 7.03. The molecule has 0 radical (unpaired) electrons. The van der Waals surface area contributed by atoms with Crippen LogP contribution in [0.15, 0.2) is 24.3 Å². The lowest BCUT2D eigenvalue weighted by Crippen LogP contribution is -2.39. The van der Waals surface area contributed by atoms with E-state index in [0.717, 1.165) is 0 Å². The summed E-state index contributed by atoms with van der Waals surface area (Å²) < 4.78 is 15.8. The molecule has 11 heavy (non-hydrogen) atoms. The van der Waals surface area contributed by atoms with E-state index in [1.807, 2.05) is 24.3 Å². The standard InChI is InChI=1S/C8H10O3/c1-9-8-5-3-2-4-7(8)10-6-11-8/h2-5,7H,6H2,1H3. The highest BCUT2D eigenvalue weighted by Gasteiger charge is 2.43. The Balaban J connectivity index is 2.28. The van der Waals surface area contributed by atoms with E-state index in [9.17, 15) is 0 Å². The minimum absolute atomic E-state index is 0.0856. The molecular formula is C8H10O3. The minimum atomic E-state index is -0.658. The summed E-state index contributed by atoms with van der Waals surface area (Å²) in [6, 6.07) is 0. The Morgan fingerprint density at radius 3 is 3.18 bits per heavy atom. The molecule has 1 fully saturated rings. The van der Waals surface area contributed by atoms with Gasteiger partial charge in [-0.2, -0.15) is 0 Å². The lowest BCUT2D eigenvalue weighted by Gasteiger charge is -2.27. The molecule has 0 amide bonds. The van der Waals surface area contributed by atoms with Crippen LogP contribution >= 0.6 is 0 Å². The number of fused-ring (bicyclic) bond motifs is 1. The monoisotopic (exact) mass is 154 g/mol. The zero-order chi connectivity index (χ0) is 7.73. The van der Waals surface area contributed by atoms with E-state index in [1.165, 1.54) is 0 Å². The molecule has 0 aromatic carbocycles. The zero-order valence-electron chi connectivity index (χ0n) is 6.32. The average Bonchev–Trinajstić information content (AvgIpc) is 2.48. The molecule has 60 valence electrons. The van der Waals surface area contributed by atoms with Crippen molar-refractivity contribution in [2.75, 3.05) is 13.9 Å². The fourth-order valence-corrected chi connectivity index (χ4v) is 1.33. The highest BCUT2D eigenvalue weighted by Crippen LogP contribution is 2.31. The molecule has 3 nitrogen and oxygen atoms in total. The Bertz CT molecular complexity index is 209. The highest BCUT2D eigenvalue weighted by atomic mass is 16.8. The summed E-state index contributed by atoms with van der Waals surface area (Å²) in [6.45, 7) is 0.299. The number of allylic oxidation sites excluding steroid dienone is 2. The molecule has 0 saturated carbocycles. The van der Waals surface area contributed by atoms with Crippen LogP contribution in [0.25, 0.3) is 0 Å². The molecule has 2 unspecified atom stereocenters. The number of ether oxygens (including phenoxy) is 3. The van der Waals surface area contributed by atoms with Gasteiger partial charge in [-0.05, 0) is 6.08 Å². The van der Waals surface area contributed by atoms with Crippen molar-refractivity contribution in [2.24, 2.45) is 0 Å². The summed E-state index contributed by atoms with van der Waals surface area (Å²) in [7, 11) is 1.62. The molecule has 0 bridgehead atoms. The van der Waals surface area contributed by atoms with Gasteiger partial charge >= 0.3 is 0 Å². The maximum absolute atomic E-state index is 5.31. The fraction of sp³-hybridized carbons (Fsp3) is 0.500. The van der Waals surface area contributed by atoms with Gasteiger partial charge in [-0.3, -0.25) is 0 Å². The van der Waals surface area contributed by atoms with Crippen molar-refractivity contribution >= 4 is 0 Å². The first-order valence-electron chi connectivity index (χ1n) is 3.54. The van der Waals surface area contributed by atoms with Gasteiger partial charge in [0, 0.05) is 7.11 Å². The second kappa shape index (κ2) is 2.44. The van der Waals surface area contributed by atoms with Gasteiger partial charge in [-0.15, -0.1) is 0 Å². The van der Waals surface area contributed by atoms with Crippen LogP contribution in [0.2, 0.25) is 0 Å². The smallest absolute Gasteiger partial charge is 0.220 e. The predicted octanol–water partition coefficient (Wildman–Crippen LogP) is 0.828. The van der Waals surface area contributed by atoms with Crippen molar-refractivity contribution in [1.29, 1.82) is 0 Å². The van der Waals surface area contributed by atoms with Crippen LogP contribution in [0.1, 0.15) is 0 Å². The van der Waals surface area contributed by atoms with Gasteiger partial charge in [0.2, 0.25) is 5.79 Å². The molecular weight excluding hydrogens is 144 g/mol. The SMILES string of the molecule is COC12C=CC=CC1OCO2. The Kier molecular flexibility index (Phi) is 1.56. The summed E-state index contributed by atoms with van der Waals surface area (Å²) in [4.78, 5) is 0. The number of hydrogen-bond donors (Lipinski definition) is 0. The molecule has 1 saturated heterocycles. The van der Waals surface area contributed by atoms with E-state index in [1.54, 1.807) is 7.11 Å². The molecule has 1 heterocycles. The van der Waals surface area contributed by atoms with Gasteiger partial charge in [-0.1, -0.05) is 18.2 Å². The van der Waals surface area contributed by atoms with Crippen LogP contribution in [-0.2, 0) is 14.2 Å². The molecule has 0 aromatic rings. The number of hydrogen-bond acceptors (Lipinski definition) is 3. The summed E-state index contributed by atoms with van der Waals surface area (Å²) in [5.74, 6) is -0.658. The average molecular weight is 154 g/mol. The third-order valence-corrected chi connectivity index (χ3v) is 1.97. The zero-order valence-corrected chi connectivity index (χ0v) is 6.32. The largest absolute Gasteiger partial charge is 0.347 e. The van der Waals surface area contributed by atoms with E-state index in [4.69, 9.17) is 14.2 Å². The van der Waals surface area contributed by atoms with Gasteiger partial charge in [0.05, 0.1) is 0 Å². The van der Waals surface area contributed by atoms with Crippen molar-refractivity contribution in [3.8, 4) is 0 Å². The normalized spacial score (nSPS) is 41.0. The van der Waals surface area contributed by atoms with E-state index in [2.05, 4.69) is 0 Å². The number of rotatable bonds is 1. The first-order chi connectivity index (χ1) is 5.37. The van der Waals surface area contributed by atoms with E-state index < -0.39 is 5.79 Å². The topological polar surface area (TPSA) is 27.7 Å². The Morgan fingerprint density at radius 1 is 1.55 bits per heavy atom. The van der Waals surface area contributed by atoms with Crippen molar-refractivity contribution < 1.29 is 14.2 Å². The fourth-order valence-electron chi connectivity index (χ4n) is 1.33. The number of methoxy groups -OCH3 is 1. The molecule has 0 spiro atoms. The molecule has 2 atom stereocenters. The van der Waals surface area contributed by atoms with Crippen LogP contribution in [0.4, 0.5) is 0 Å². The molecule has 0 aromatic heterocycles.